The summed E-state index contributed by atoms with van der Waals surface area (Å²) >= 11 is 0. The molecule has 0 saturated carbocycles. The standard InChI is InChI=1S/C22H21N3O2/c1-27-19-9-4-7-17(14-19)22(26)24-18-11-12-21(23-15-18)25-13-5-8-16-6-2-3-10-20(16)25/h2-4,6-7,9-12,14-15H,5,8,13H2,1H3,(H,24,26). The van der Waals surface area contributed by atoms with Crippen molar-refractivity contribution in [2.75, 3.05) is 23.9 Å². The summed E-state index contributed by atoms with van der Waals surface area (Å²) in [7, 11) is 1.58. The molecule has 1 amide bonds. The molecule has 0 saturated heterocycles. The summed E-state index contributed by atoms with van der Waals surface area (Å²) in [6.45, 7) is 0.944. The molecule has 4 rings (SSSR count). The van der Waals surface area contributed by atoms with Crippen LogP contribution in [0.1, 0.15) is 22.3 Å². The third-order valence-electron chi connectivity index (χ3n) is 4.72. The van der Waals surface area contributed by atoms with Crippen molar-refractivity contribution >= 4 is 23.1 Å². The molecule has 5 heteroatoms. The number of benzene rings is 2. The summed E-state index contributed by atoms with van der Waals surface area (Å²) in [5, 5.41) is 2.88. The van der Waals surface area contributed by atoms with Gasteiger partial charge in [-0.15, -0.1) is 0 Å². The smallest absolute Gasteiger partial charge is 0.255 e. The van der Waals surface area contributed by atoms with Gasteiger partial charge in [0.05, 0.1) is 19.0 Å². The number of aryl methyl sites for hydroxylation is 1. The van der Waals surface area contributed by atoms with Crippen molar-refractivity contribution in [1.29, 1.82) is 0 Å². The Labute approximate surface area is 158 Å². The van der Waals surface area contributed by atoms with Crippen LogP contribution in [0.15, 0.2) is 66.9 Å². The van der Waals surface area contributed by atoms with Crippen LogP contribution in [-0.4, -0.2) is 24.5 Å². The van der Waals surface area contributed by atoms with Crippen LogP contribution in [0.5, 0.6) is 5.75 Å². The lowest BCUT2D eigenvalue weighted by Crippen LogP contribution is -2.25. The molecule has 136 valence electrons. The number of carbonyl (C=O) groups is 1. The van der Waals surface area contributed by atoms with Gasteiger partial charge in [-0.1, -0.05) is 24.3 Å². The van der Waals surface area contributed by atoms with Crippen LogP contribution >= 0.6 is 0 Å². The summed E-state index contributed by atoms with van der Waals surface area (Å²) in [4.78, 5) is 19.2. The maximum atomic E-state index is 12.4. The normalized spacial score (nSPS) is 13.0. The highest BCUT2D eigenvalue weighted by atomic mass is 16.5. The molecule has 0 unspecified atom stereocenters. The van der Waals surface area contributed by atoms with Crippen LogP contribution in [0, 0.1) is 0 Å². The highest BCUT2D eigenvalue weighted by Gasteiger charge is 2.18. The molecule has 2 heterocycles. The molecule has 1 N–H and O–H groups in total. The first-order chi connectivity index (χ1) is 13.2. The molecule has 1 aliphatic heterocycles. The van der Waals surface area contributed by atoms with Gasteiger partial charge < -0.3 is 15.0 Å². The van der Waals surface area contributed by atoms with Gasteiger partial charge in [0.15, 0.2) is 0 Å². The number of hydrogen-bond donors (Lipinski definition) is 1. The lowest BCUT2D eigenvalue weighted by Gasteiger charge is -2.30. The molecule has 0 radical (unpaired) electrons. The second-order valence-electron chi connectivity index (χ2n) is 6.48. The van der Waals surface area contributed by atoms with E-state index in [9.17, 15) is 4.79 Å². The maximum Gasteiger partial charge on any atom is 0.255 e. The van der Waals surface area contributed by atoms with E-state index in [2.05, 4.69) is 39.5 Å². The van der Waals surface area contributed by atoms with Crippen molar-refractivity contribution in [3.05, 3.63) is 78.0 Å². The number of amides is 1. The van der Waals surface area contributed by atoms with Crippen LogP contribution in [0.25, 0.3) is 0 Å². The zero-order chi connectivity index (χ0) is 18.6. The number of para-hydroxylation sites is 1. The Morgan fingerprint density at radius 2 is 2.00 bits per heavy atom. The molecule has 3 aromatic rings. The number of hydrogen-bond acceptors (Lipinski definition) is 4. The SMILES string of the molecule is COc1cccc(C(=O)Nc2ccc(N3CCCc4ccccc43)nc2)c1. The Hall–Kier alpha value is -3.34. The van der Waals surface area contributed by atoms with E-state index in [0.29, 0.717) is 17.0 Å². The van der Waals surface area contributed by atoms with Gasteiger partial charge in [0.1, 0.15) is 11.6 Å². The fourth-order valence-electron chi connectivity index (χ4n) is 3.36. The predicted molar refractivity (Wildman–Crippen MR) is 107 cm³/mol. The number of nitrogens with one attached hydrogen (secondary N) is 1. The largest absolute Gasteiger partial charge is 0.497 e. The van der Waals surface area contributed by atoms with Crippen molar-refractivity contribution in [3.8, 4) is 5.75 Å². The fraction of sp³-hybridized carbons (Fsp3) is 0.182. The summed E-state index contributed by atoms with van der Waals surface area (Å²) in [5.74, 6) is 1.35. The first-order valence-electron chi connectivity index (χ1n) is 9.01. The van der Waals surface area contributed by atoms with Gasteiger partial charge in [-0.05, 0) is 54.8 Å². The van der Waals surface area contributed by atoms with E-state index in [1.807, 2.05) is 18.2 Å². The van der Waals surface area contributed by atoms with E-state index in [-0.39, 0.29) is 5.91 Å². The third-order valence-corrected chi connectivity index (χ3v) is 4.72. The molecular formula is C22H21N3O2. The molecule has 1 aromatic heterocycles. The highest BCUT2D eigenvalue weighted by Crippen LogP contribution is 2.32. The van der Waals surface area contributed by atoms with E-state index in [0.717, 1.165) is 25.2 Å². The van der Waals surface area contributed by atoms with Gasteiger partial charge in [0, 0.05) is 17.8 Å². The molecule has 0 spiro atoms. The Bertz CT molecular complexity index is 954. The monoisotopic (exact) mass is 359 g/mol. The number of ether oxygens (including phenoxy) is 1. The van der Waals surface area contributed by atoms with E-state index in [1.165, 1.54) is 11.3 Å². The average Bonchev–Trinajstić information content (AvgIpc) is 2.74. The van der Waals surface area contributed by atoms with Gasteiger partial charge in [0.2, 0.25) is 0 Å². The van der Waals surface area contributed by atoms with E-state index in [4.69, 9.17) is 4.74 Å². The molecule has 2 aromatic carbocycles. The summed E-state index contributed by atoms with van der Waals surface area (Å²) in [6.07, 6.45) is 3.90. The van der Waals surface area contributed by atoms with Gasteiger partial charge in [-0.25, -0.2) is 4.98 Å². The number of pyridine rings is 1. The Kier molecular flexibility index (Phi) is 4.75. The Balaban J connectivity index is 1.50. The molecule has 0 atom stereocenters. The van der Waals surface area contributed by atoms with E-state index < -0.39 is 0 Å². The number of rotatable bonds is 4. The zero-order valence-electron chi connectivity index (χ0n) is 15.2. The van der Waals surface area contributed by atoms with Crippen LogP contribution in [0.2, 0.25) is 0 Å². The number of carbonyl (C=O) groups excluding carboxylic acids is 1. The molecule has 1 aliphatic rings. The predicted octanol–water partition coefficient (Wildman–Crippen LogP) is 4.43. The highest BCUT2D eigenvalue weighted by molar-refractivity contribution is 6.04. The van der Waals surface area contributed by atoms with Crippen LogP contribution in [-0.2, 0) is 6.42 Å². The van der Waals surface area contributed by atoms with E-state index in [1.54, 1.807) is 31.5 Å². The zero-order valence-corrected chi connectivity index (χ0v) is 15.2. The molecule has 5 nitrogen and oxygen atoms in total. The van der Waals surface area contributed by atoms with Gasteiger partial charge in [-0.3, -0.25) is 4.79 Å². The van der Waals surface area contributed by atoms with Crippen LogP contribution in [0.4, 0.5) is 17.2 Å². The minimum atomic E-state index is -0.188. The second-order valence-corrected chi connectivity index (χ2v) is 6.48. The van der Waals surface area contributed by atoms with Crippen molar-refractivity contribution in [2.45, 2.75) is 12.8 Å². The molecular weight excluding hydrogens is 338 g/mol. The topological polar surface area (TPSA) is 54.5 Å². The summed E-state index contributed by atoms with van der Waals surface area (Å²) in [5.41, 5.74) is 3.77. The molecule has 0 aliphatic carbocycles. The lowest BCUT2D eigenvalue weighted by atomic mass is 10.0. The minimum Gasteiger partial charge on any atom is -0.497 e. The summed E-state index contributed by atoms with van der Waals surface area (Å²) in [6, 6.07) is 19.3. The third kappa shape index (κ3) is 3.62. The quantitative estimate of drug-likeness (QED) is 0.749. The summed E-state index contributed by atoms with van der Waals surface area (Å²) < 4.78 is 5.17. The lowest BCUT2D eigenvalue weighted by molar-refractivity contribution is 0.102. The number of methoxy groups -OCH3 is 1. The molecule has 0 bridgehead atoms. The van der Waals surface area contributed by atoms with Crippen molar-refractivity contribution in [1.82, 2.24) is 4.98 Å². The fourth-order valence-corrected chi connectivity index (χ4v) is 3.36. The first-order valence-corrected chi connectivity index (χ1v) is 9.01. The van der Waals surface area contributed by atoms with Crippen molar-refractivity contribution in [2.24, 2.45) is 0 Å². The van der Waals surface area contributed by atoms with E-state index >= 15 is 0 Å². The second kappa shape index (κ2) is 7.50. The van der Waals surface area contributed by atoms with Gasteiger partial charge >= 0.3 is 0 Å². The van der Waals surface area contributed by atoms with Crippen LogP contribution < -0.4 is 15.0 Å². The van der Waals surface area contributed by atoms with Gasteiger partial charge in [-0.2, -0.15) is 0 Å². The number of nitrogens with zero attached hydrogens (tertiary/aromatic N) is 2. The number of aromatic nitrogens is 1. The first kappa shape index (κ1) is 17.1. The number of fused-ring (bicyclic) bond motifs is 1. The molecule has 27 heavy (non-hydrogen) atoms. The Morgan fingerprint density at radius 1 is 1.11 bits per heavy atom. The Morgan fingerprint density at radius 3 is 2.81 bits per heavy atom. The maximum absolute atomic E-state index is 12.4. The average molecular weight is 359 g/mol. The van der Waals surface area contributed by atoms with Crippen molar-refractivity contribution < 1.29 is 9.53 Å². The van der Waals surface area contributed by atoms with Gasteiger partial charge in [0.25, 0.3) is 5.91 Å². The van der Waals surface area contributed by atoms with Crippen molar-refractivity contribution in [3.63, 3.8) is 0 Å². The minimum absolute atomic E-state index is 0.188. The number of anilines is 3. The van der Waals surface area contributed by atoms with Crippen LogP contribution in [0.3, 0.4) is 0 Å². The molecule has 0 fully saturated rings.